The van der Waals surface area contributed by atoms with Gasteiger partial charge < -0.3 is 20.0 Å². The first-order valence-electron chi connectivity index (χ1n) is 19.8. The highest BCUT2D eigenvalue weighted by Crippen LogP contribution is 2.50. The largest absolute Gasteiger partial charge is 0.392 e. The topological polar surface area (TPSA) is 139 Å². The summed E-state index contributed by atoms with van der Waals surface area (Å²) in [5.74, 6) is 0.0711. The van der Waals surface area contributed by atoms with Crippen LogP contribution >= 0.6 is 0 Å². The van der Waals surface area contributed by atoms with Crippen molar-refractivity contribution in [3.63, 3.8) is 0 Å². The molecule has 0 spiro atoms. The van der Waals surface area contributed by atoms with E-state index in [-0.39, 0.29) is 0 Å². The van der Waals surface area contributed by atoms with Crippen molar-refractivity contribution in [2.24, 2.45) is 0 Å². The zero-order valence-electron chi connectivity index (χ0n) is 32.1. The molecule has 0 saturated heterocycles. The van der Waals surface area contributed by atoms with E-state index in [2.05, 4.69) is 113 Å². The van der Waals surface area contributed by atoms with Gasteiger partial charge in [-0.1, -0.05) is 72.8 Å². The van der Waals surface area contributed by atoms with E-state index < -0.39 is 24.0 Å². The van der Waals surface area contributed by atoms with Crippen molar-refractivity contribution in [3.05, 3.63) is 193 Å². The first-order valence-corrected chi connectivity index (χ1v) is 19.8. The summed E-state index contributed by atoms with van der Waals surface area (Å²) < 4.78 is 3.60. The van der Waals surface area contributed by atoms with Crippen molar-refractivity contribution in [2.45, 2.75) is 24.0 Å². The first-order chi connectivity index (χ1) is 29.6. The van der Waals surface area contributed by atoms with Crippen LogP contribution < -0.4 is 9.80 Å². The minimum Gasteiger partial charge on any atom is -0.392 e. The van der Waals surface area contributed by atoms with Crippen LogP contribution in [0.4, 0.5) is 34.1 Å². The minimum absolute atomic E-state index is 0.552. The number of nitrogens with one attached hydrogen (secondary N) is 2. The van der Waals surface area contributed by atoms with Gasteiger partial charge in [-0.05, 0) is 97.1 Å². The second-order valence-electron chi connectivity index (χ2n) is 15.0. The lowest BCUT2D eigenvalue weighted by Crippen LogP contribution is -2.51. The molecule has 10 aromatic rings. The molecule has 0 amide bonds. The van der Waals surface area contributed by atoms with E-state index in [1.807, 2.05) is 97.1 Å². The lowest BCUT2D eigenvalue weighted by Gasteiger charge is -2.45. The van der Waals surface area contributed by atoms with Crippen molar-refractivity contribution < 1.29 is 10.2 Å². The van der Waals surface area contributed by atoms with Gasteiger partial charge in [0.1, 0.15) is 0 Å². The molecule has 1 fully saturated rings. The van der Waals surface area contributed by atoms with Gasteiger partial charge in [-0.25, -0.2) is 9.03 Å². The number of nitrogens with zero attached hydrogens (tertiary/aromatic N) is 8. The standard InChI is InChI=1S/C48H38N10O2/c59-43-41(39-29-49-57-45(51-53-47(39)57)31-21-25-37(26-22-31)55(33-13-5-1-6-14-33)34-15-7-2-8-16-34)44(60)42(43)40-30-50-58-46(52-54-48(40)58)32-23-27-38(28-24-32)56(35-17-9-3-10-18-35)36-19-11-4-12-20-36/h1-30,41-44,49-50,59-60H. The van der Waals surface area contributed by atoms with E-state index in [4.69, 9.17) is 0 Å². The van der Waals surface area contributed by atoms with Gasteiger partial charge in [-0.15, -0.1) is 20.4 Å². The van der Waals surface area contributed by atoms with Crippen LogP contribution in [-0.2, 0) is 0 Å². The van der Waals surface area contributed by atoms with Crippen molar-refractivity contribution in [2.75, 3.05) is 9.80 Å². The predicted molar refractivity (Wildman–Crippen MR) is 232 cm³/mol. The lowest BCUT2D eigenvalue weighted by atomic mass is 9.64. The second-order valence-corrected chi connectivity index (χ2v) is 15.0. The molecule has 1 saturated carbocycles. The average molecular weight is 787 g/mol. The Morgan fingerprint density at radius 2 is 0.683 bits per heavy atom. The van der Waals surface area contributed by atoms with Gasteiger partial charge in [-0.2, -0.15) is 0 Å². The molecule has 1 aliphatic rings. The van der Waals surface area contributed by atoms with Gasteiger partial charge in [0.15, 0.2) is 22.9 Å². The summed E-state index contributed by atoms with van der Waals surface area (Å²) in [6.07, 6.45) is 1.79. The molecule has 0 atom stereocenters. The molecular weight excluding hydrogens is 749 g/mol. The molecule has 4 heterocycles. The van der Waals surface area contributed by atoms with E-state index in [9.17, 15) is 10.2 Å². The number of aromatic amines is 2. The van der Waals surface area contributed by atoms with Crippen LogP contribution in [-0.4, -0.2) is 62.0 Å². The number of para-hydroxylation sites is 4. The van der Waals surface area contributed by atoms with Gasteiger partial charge >= 0.3 is 0 Å². The zero-order chi connectivity index (χ0) is 40.2. The van der Waals surface area contributed by atoms with Crippen molar-refractivity contribution in [1.29, 1.82) is 0 Å². The van der Waals surface area contributed by atoms with Gasteiger partial charge in [0.25, 0.3) is 0 Å². The lowest BCUT2D eigenvalue weighted by molar-refractivity contribution is -0.0777. The third-order valence-corrected chi connectivity index (χ3v) is 11.6. The smallest absolute Gasteiger partial charge is 0.183 e. The maximum absolute atomic E-state index is 11.7. The maximum Gasteiger partial charge on any atom is 0.183 e. The van der Waals surface area contributed by atoms with Crippen molar-refractivity contribution in [1.82, 2.24) is 39.6 Å². The molecular formula is C48H38N10O2. The molecule has 4 N–H and O–H groups in total. The Labute approximate surface area is 344 Å². The minimum atomic E-state index is -0.901. The number of fused-ring (bicyclic) bond motifs is 2. The van der Waals surface area contributed by atoms with Gasteiger partial charge in [0, 0.05) is 80.6 Å². The zero-order valence-corrected chi connectivity index (χ0v) is 32.1. The van der Waals surface area contributed by atoms with Crippen LogP contribution in [0.25, 0.3) is 34.1 Å². The molecule has 0 aliphatic heterocycles. The van der Waals surface area contributed by atoms with Crippen LogP contribution in [0, 0.1) is 0 Å². The van der Waals surface area contributed by atoms with Crippen LogP contribution in [0.3, 0.4) is 0 Å². The van der Waals surface area contributed by atoms with E-state index in [1.54, 1.807) is 21.4 Å². The number of aromatic nitrogens is 8. The number of rotatable bonds is 10. The number of benzene rings is 6. The van der Waals surface area contributed by atoms with Gasteiger partial charge in [-0.3, -0.25) is 10.2 Å². The third kappa shape index (κ3) is 5.84. The molecule has 0 unspecified atom stereocenters. The van der Waals surface area contributed by atoms with Crippen molar-refractivity contribution in [3.8, 4) is 22.8 Å². The highest BCUT2D eigenvalue weighted by atomic mass is 16.3. The number of aliphatic hydroxyl groups is 2. The number of anilines is 6. The fourth-order valence-corrected chi connectivity index (χ4v) is 8.61. The fourth-order valence-electron chi connectivity index (χ4n) is 8.61. The Morgan fingerprint density at radius 1 is 0.383 bits per heavy atom. The maximum atomic E-state index is 11.7. The highest BCUT2D eigenvalue weighted by Gasteiger charge is 2.53. The van der Waals surface area contributed by atoms with Crippen LogP contribution in [0.5, 0.6) is 0 Å². The molecule has 292 valence electrons. The summed E-state index contributed by atoms with van der Waals surface area (Å²) in [4.78, 5) is 4.41. The summed E-state index contributed by atoms with van der Waals surface area (Å²) in [5.41, 5.74) is 10.4. The van der Waals surface area contributed by atoms with Gasteiger partial charge in [0.2, 0.25) is 0 Å². The van der Waals surface area contributed by atoms with E-state index in [0.717, 1.165) is 45.3 Å². The van der Waals surface area contributed by atoms with E-state index in [0.29, 0.717) is 34.1 Å². The molecule has 0 radical (unpaired) electrons. The fraction of sp³-hybridized carbons (Fsp3) is 0.0833. The first kappa shape index (κ1) is 35.4. The summed E-state index contributed by atoms with van der Waals surface area (Å²) in [7, 11) is 0. The number of hydrogen-bond acceptors (Lipinski definition) is 8. The van der Waals surface area contributed by atoms with Crippen LogP contribution in [0.1, 0.15) is 23.0 Å². The average Bonchev–Trinajstić information content (AvgIpc) is 4.11. The van der Waals surface area contributed by atoms with Gasteiger partial charge in [0.05, 0.1) is 12.2 Å². The summed E-state index contributed by atoms with van der Waals surface area (Å²) >= 11 is 0. The third-order valence-electron chi connectivity index (χ3n) is 11.6. The van der Waals surface area contributed by atoms with Crippen molar-refractivity contribution >= 4 is 45.4 Å². The molecule has 11 rings (SSSR count). The summed E-state index contributed by atoms with van der Waals surface area (Å²) in [6, 6.07) is 57.4. The van der Waals surface area contributed by atoms with Crippen LogP contribution in [0.15, 0.2) is 182 Å². The summed E-state index contributed by atoms with van der Waals surface area (Å²) in [6.45, 7) is 0. The molecule has 60 heavy (non-hydrogen) atoms. The molecule has 0 bridgehead atoms. The molecule has 6 aromatic carbocycles. The van der Waals surface area contributed by atoms with E-state index in [1.165, 1.54) is 0 Å². The predicted octanol–water partition coefficient (Wildman–Crippen LogP) is 9.30. The SMILES string of the molecule is OC1C(c2c[nH]n3c(-c4ccc(N(c5ccccc5)c5ccccc5)cc4)nnc23)C(O)C1c1c[nH]n2c(-c3ccc(N(c4ccccc4)c4ccccc4)cc3)nnc12. The molecule has 4 aromatic heterocycles. The van der Waals surface area contributed by atoms with Crippen LogP contribution in [0.2, 0.25) is 0 Å². The molecule has 12 heteroatoms. The Kier molecular flexibility index (Phi) is 8.57. The number of H-pyrrole nitrogens is 2. The normalized spacial score (nSPS) is 17.5. The number of aliphatic hydroxyl groups excluding tert-OH is 2. The monoisotopic (exact) mass is 786 g/mol. The second kappa shape index (κ2) is 14.5. The quantitative estimate of drug-likeness (QED) is 0.108. The molecule has 1 aliphatic carbocycles. The number of hydrogen-bond donors (Lipinski definition) is 4. The Hall–Kier alpha value is -7.80. The Morgan fingerprint density at radius 3 is 1.00 bits per heavy atom. The van der Waals surface area contributed by atoms with E-state index >= 15 is 0 Å². The Bertz CT molecular complexity index is 2740. The molecule has 12 nitrogen and oxygen atoms in total. The summed E-state index contributed by atoms with van der Waals surface area (Å²) in [5, 5.41) is 48.0. The Balaban J connectivity index is 0.834. The highest BCUT2D eigenvalue weighted by molar-refractivity contribution is 5.79.